The summed E-state index contributed by atoms with van der Waals surface area (Å²) in [6.07, 6.45) is -2.40. The molecule has 0 aliphatic carbocycles. The van der Waals surface area contributed by atoms with Gasteiger partial charge in [0.25, 0.3) is 5.56 Å². The Morgan fingerprint density at radius 3 is 2.52 bits per heavy atom. The molecule has 3 aromatic heterocycles. The number of fused-ring (bicyclic) bond motifs is 1. The quantitative estimate of drug-likeness (QED) is 0.220. The molecular formula is C15H22N7O8P. The highest BCUT2D eigenvalue weighted by Crippen LogP contribution is 2.38. The number of rotatable bonds is 4. The first-order chi connectivity index (χ1) is 14.5. The Bertz CT molecular complexity index is 1140. The molecule has 0 aromatic carbocycles. The minimum Gasteiger partial charge on any atom is -0.387 e. The molecule has 0 unspecified atom stereocenters. The van der Waals surface area contributed by atoms with Gasteiger partial charge in [0.05, 0.1) is 12.9 Å². The van der Waals surface area contributed by atoms with Crippen LogP contribution in [0, 0.1) is 13.8 Å². The van der Waals surface area contributed by atoms with E-state index in [9.17, 15) is 19.6 Å². The number of hydrogen-bond acceptors (Lipinski definition) is 10. The van der Waals surface area contributed by atoms with E-state index in [2.05, 4.69) is 29.4 Å². The van der Waals surface area contributed by atoms with Gasteiger partial charge in [-0.15, -0.1) is 0 Å². The van der Waals surface area contributed by atoms with Crippen LogP contribution in [0.5, 0.6) is 0 Å². The third-order valence-corrected chi connectivity index (χ3v) is 4.78. The second-order valence-electron chi connectivity index (χ2n) is 6.76. The first-order valence-electron chi connectivity index (χ1n) is 8.88. The van der Waals surface area contributed by atoms with Gasteiger partial charge in [0, 0.05) is 11.9 Å². The normalized spacial score (nSPS) is 23.7. The lowest BCUT2D eigenvalue weighted by atomic mass is 10.1. The maximum atomic E-state index is 11.7. The van der Waals surface area contributed by atoms with Crippen molar-refractivity contribution in [2.24, 2.45) is 0 Å². The van der Waals surface area contributed by atoms with Crippen molar-refractivity contribution in [2.45, 2.75) is 38.4 Å². The van der Waals surface area contributed by atoms with Crippen LogP contribution >= 0.6 is 7.82 Å². The molecule has 31 heavy (non-hydrogen) atoms. The SMILES string of the molecule is Cc1cnc(C)[nH]1.Nc1nc2c(ncn2[C@@H]2O[C@H](COP(=O)(O)O)[C@@H](O)[C@H]2O)c(=O)[nH]1. The molecule has 1 saturated heterocycles. The number of aryl methyl sites for hydroxylation is 2. The van der Waals surface area contributed by atoms with Gasteiger partial charge >= 0.3 is 7.82 Å². The Balaban J connectivity index is 0.000000330. The highest BCUT2D eigenvalue weighted by Gasteiger charge is 2.45. The summed E-state index contributed by atoms with van der Waals surface area (Å²) in [6, 6.07) is 0. The zero-order valence-electron chi connectivity index (χ0n) is 16.4. The predicted octanol–water partition coefficient (Wildman–Crippen LogP) is -1.54. The standard InChI is InChI=1S/C10H14N5O8P.C5H8N2/c11-10-13-7-4(8(18)14-10)12-2-15(7)9-6(17)5(16)3(23-9)1-22-24(19,20)21;1-4-3-6-5(2)7-4/h2-3,5-6,9,16-17H,1H2,(H2,19,20,21)(H3,11,13,14,18);3H,1-2H3,(H,6,7)/t3-,5-,6-,9-;/m1./s1. The summed E-state index contributed by atoms with van der Waals surface area (Å²) >= 11 is 0. The summed E-state index contributed by atoms with van der Waals surface area (Å²) < 4.78 is 21.6. The molecule has 4 heterocycles. The maximum Gasteiger partial charge on any atom is 0.469 e. The lowest BCUT2D eigenvalue weighted by Crippen LogP contribution is -2.33. The van der Waals surface area contributed by atoms with Crippen LogP contribution in [0.25, 0.3) is 11.2 Å². The molecule has 3 aromatic rings. The van der Waals surface area contributed by atoms with Gasteiger partial charge in [-0.2, -0.15) is 4.98 Å². The number of nitrogens with one attached hydrogen (secondary N) is 2. The van der Waals surface area contributed by atoms with E-state index >= 15 is 0 Å². The summed E-state index contributed by atoms with van der Waals surface area (Å²) in [4.78, 5) is 46.1. The fourth-order valence-corrected chi connectivity index (χ4v) is 3.28. The monoisotopic (exact) mass is 459 g/mol. The van der Waals surface area contributed by atoms with Crippen LogP contribution in [-0.2, 0) is 13.8 Å². The molecule has 8 N–H and O–H groups in total. The molecular weight excluding hydrogens is 437 g/mol. The van der Waals surface area contributed by atoms with Gasteiger partial charge in [-0.1, -0.05) is 0 Å². The predicted molar refractivity (Wildman–Crippen MR) is 105 cm³/mol. The zero-order chi connectivity index (χ0) is 22.9. The maximum absolute atomic E-state index is 11.7. The molecule has 0 radical (unpaired) electrons. The molecule has 4 rings (SSSR count). The van der Waals surface area contributed by atoms with Crippen molar-refractivity contribution < 1.29 is 33.8 Å². The van der Waals surface area contributed by atoms with Crippen molar-refractivity contribution in [3.05, 3.63) is 34.4 Å². The van der Waals surface area contributed by atoms with Crippen LogP contribution in [0.2, 0.25) is 0 Å². The zero-order valence-corrected chi connectivity index (χ0v) is 17.3. The summed E-state index contributed by atoms with van der Waals surface area (Å²) in [5.41, 5.74) is 5.97. The average Bonchev–Trinajstić information content (AvgIpc) is 3.33. The summed E-state index contributed by atoms with van der Waals surface area (Å²) in [5.74, 6) is 0.807. The highest BCUT2D eigenvalue weighted by molar-refractivity contribution is 7.46. The van der Waals surface area contributed by atoms with Gasteiger partial charge in [-0.05, 0) is 13.8 Å². The van der Waals surface area contributed by atoms with Crippen LogP contribution < -0.4 is 11.3 Å². The molecule has 0 bridgehead atoms. The largest absolute Gasteiger partial charge is 0.469 e. The van der Waals surface area contributed by atoms with Crippen LogP contribution in [0.15, 0.2) is 17.3 Å². The Hall–Kier alpha value is -2.65. The van der Waals surface area contributed by atoms with Crippen molar-refractivity contribution in [2.75, 3.05) is 12.3 Å². The van der Waals surface area contributed by atoms with E-state index in [0.29, 0.717) is 0 Å². The number of aromatic amines is 2. The summed E-state index contributed by atoms with van der Waals surface area (Å²) in [7, 11) is -4.76. The van der Waals surface area contributed by atoms with Crippen molar-refractivity contribution >= 4 is 24.9 Å². The molecule has 0 spiro atoms. The number of anilines is 1. The molecule has 1 aliphatic rings. The smallest absolute Gasteiger partial charge is 0.387 e. The van der Waals surface area contributed by atoms with Crippen LogP contribution in [0.3, 0.4) is 0 Å². The Morgan fingerprint density at radius 1 is 1.26 bits per heavy atom. The van der Waals surface area contributed by atoms with E-state index in [-0.39, 0.29) is 17.1 Å². The van der Waals surface area contributed by atoms with Gasteiger partial charge in [0.2, 0.25) is 5.95 Å². The summed E-state index contributed by atoms with van der Waals surface area (Å²) in [6.45, 7) is 3.27. The van der Waals surface area contributed by atoms with Gasteiger partial charge < -0.3 is 35.5 Å². The Kier molecular flexibility index (Phi) is 6.56. The fourth-order valence-electron chi connectivity index (χ4n) is 2.94. The second-order valence-corrected chi connectivity index (χ2v) is 8.00. The number of nitrogens with two attached hydrogens (primary N) is 1. The topological polar surface area (TPSA) is 235 Å². The lowest BCUT2D eigenvalue weighted by molar-refractivity contribution is -0.0503. The number of nitrogens with zero attached hydrogens (tertiary/aromatic N) is 4. The number of aliphatic hydroxyl groups excluding tert-OH is 2. The molecule has 4 atom stereocenters. The molecule has 1 aliphatic heterocycles. The van der Waals surface area contributed by atoms with Crippen molar-refractivity contribution in [1.82, 2.24) is 29.5 Å². The number of hydrogen-bond donors (Lipinski definition) is 7. The third-order valence-electron chi connectivity index (χ3n) is 4.30. The van der Waals surface area contributed by atoms with Crippen LogP contribution in [0.1, 0.15) is 17.7 Å². The lowest BCUT2D eigenvalue weighted by Gasteiger charge is -2.16. The van der Waals surface area contributed by atoms with E-state index < -0.39 is 44.5 Å². The number of phosphoric acid groups is 1. The number of H-pyrrole nitrogens is 2. The highest BCUT2D eigenvalue weighted by atomic mass is 31.2. The first-order valence-corrected chi connectivity index (χ1v) is 10.4. The molecule has 0 amide bonds. The summed E-state index contributed by atoms with van der Waals surface area (Å²) in [5, 5.41) is 20.1. The van der Waals surface area contributed by atoms with Gasteiger partial charge in [-0.3, -0.25) is 18.9 Å². The number of aliphatic hydroxyl groups is 2. The van der Waals surface area contributed by atoms with Crippen molar-refractivity contribution in [1.29, 1.82) is 0 Å². The number of nitrogen functional groups attached to an aromatic ring is 1. The van der Waals surface area contributed by atoms with E-state index in [0.717, 1.165) is 11.5 Å². The van der Waals surface area contributed by atoms with E-state index in [1.165, 1.54) is 10.9 Å². The number of aromatic nitrogens is 6. The second kappa shape index (κ2) is 8.84. The van der Waals surface area contributed by atoms with Crippen LogP contribution in [-0.4, -0.2) is 74.4 Å². The molecule has 170 valence electrons. The Morgan fingerprint density at radius 2 is 1.97 bits per heavy atom. The third kappa shape index (κ3) is 5.34. The minimum atomic E-state index is -4.76. The van der Waals surface area contributed by atoms with E-state index in [1.807, 2.05) is 20.0 Å². The van der Waals surface area contributed by atoms with E-state index in [4.69, 9.17) is 20.3 Å². The molecule has 16 heteroatoms. The molecule has 1 fully saturated rings. The van der Waals surface area contributed by atoms with Crippen molar-refractivity contribution in [3.63, 3.8) is 0 Å². The molecule has 15 nitrogen and oxygen atoms in total. The first kappa shape index (κ1) is 23.0. The van der Waals surface area contributed by atoms with Crippen LogP contribution in [0.4, 0.5) is 5.95 Å². The van der Waals surface area contributed by atoms with E-state index in [1.54, 1.807) is 0 Å². The minimum absolute atomic E-state index is 0.0176. The number of phosphoric ester groups is 1. The number of ether oxygens (including phenoxy) is 1. The Labute approximate surface area is 174 Å². The van der Waals surface area contributed by atoms with Gasteiger partial charge in [-0.25, -0.2) is 14.5 Å². The van der Waals surface area contributed by atoms with Gasteiger partial charge in [0.15, 0.2) is 17.4 Å². The van der Waals surface area contributed by atoms with Gasteiger partial charge in [0.1, 0.15) is 24.1 Å². The number of imidazole rings is 2. The fraction of sp³-hybridized carbons (Fsp3) is 0.467. The molecule has 0 saturated carbocycles. The van der Waals surface area contributed by atoms with Crippen molar-refractivity contribution in [3.8, 4) is 0 Å². The average molecular weight is 459 g/mol.